The molecule has 0 aromatic carbocycles. The molecular weight excluding hydrogens is 158 g/mol. The second-order valence-corrected chi connectivity index (χ2v) is 3.13. The molecule has 1 atom stereocenters. The van der Waals surface area contributed by atoms with Crippen LogP contribution >= 0.6 is 11.3 Å². The molecule has 0 amide bonds. The maximum Gasteiger partial charge on any atom is 0.0626 e. The predicted molar refractivity (Wildman–Crippen MR) is 47.8 cm³/mol. The minimum absolute atomic E-state index is 0.117. The summed E-state index contributed by atoms with van der Waals surface area (Å²) in [5.41, 5.74) is 1.18. The molecule has 1 aromatic rings. The molecule has 0 saturated carbocycles. The van der Waals surface area contributed by atoms with Gasteiger partial charge in [-0.25, -0.2) is 0 Å². The van der Waals surface area contributed by atoms with Crippen molar-refractivity contribution in [3.63, 3.8) is 0 Å². The van der Waals surface area contributed by atoms with Crippen LogP contribution in [0.1, 0.15) is 18.5 Å². The molecule has 0 bridgehead atoms. The van der Waals surface area contributed by atoms with E-state index in [-0.39, 0.29) is 12.6 Å². The molecule has 1 aromatic heterocycles. The molecule has 0 aliphatic rings. The molecule has 1 heterocycles. The Morgan fingerprint density at radius 3 is 3.00 bits per heavy atom. The monoisotopic (exact) mass is 171 g/mol. The summed E-state index contributed by atoms with van der Waals surface area (Å²) < 4.78 is 0. The minimum Gasteiger partial charge on any atom is -0.394 e. The van der Waals surface area contributed by atoms with Crippen LogP contribution in [0.2, 0.25) is 0 Å². The lowest BCUT2D eigenvalue weighted by molar-refractivity contribution is 0.246. The third-order valence-corrected chi connectivity index (χ3v) is 2.28. The largest absolute Gasteiger partial charge is 0.394 e. The summed E-state index contributed by atoms with van der Waals surface area (Å²) in [7, 11) is 0. The fraction of sp³-hybridized carbons (Fsp3) is 0.500. The van der Waals surface area contributed by atoms with Crippen LogP contribution in [-0.4, -0.2) is 18.3 Å². The molecule has 0 spiro atoms. The van der Waals surface area contributed by atoms with E-state index in [9.17, 15) is 0 Å². The van der Waals surface area contributed by atoms with Crippen LogP contribution in [0.15, 0.2) is 16.8 Å². The van der Waals surface area contributed by atoms with Gasteiger partial charge < -0.3 is 10.4 Å². The Labute approximate surface area is 70.9 Å². The van der Waals surface area contributed by atoms with E-state index >= 15 is 0 Å². The van der Waals surface area contributed by atoms with Gasteiger partial charge in [-0.15, -0.1) is 0 Å². The van der Waals surface area contributed by atoms with Gasteiger partial charge in [-0.1, -0.05) is 6.92 Å². The Morgan fingerprint density at radius 2 is 2.55 bits per heavy atom. The molecule has 0 radical (unpaired) electrons. The Balaban J connectivity index is 2.56. The Hall–Kier alpha value is -0.380. The first-order chi connectivity index (χ1) is 5.38. The first kappa shape index (κ1) is 8.71. The van der Waals surface area contributed by atoms with E-state index in [0.29, 0.717) is 0 Å². The standard InChI is InChI=1S/C8H13NOS/c1-2-9-8(5-10)7-3-4-11-6-7/h3-4,6,8-10H,2,5H2,1H3. The molecule has 0 saturated heterocycles. The summed E-state index contributed by atoms with van der Waals surface area (Å²) in [4.78, 5) is 0. The predicted octanol–water partition coefficient (Wildman–Crippen LogP) is 1.39. The van der Waals surface area contributed by atoms with Gasteiger partial charge in [0.25, 0.3) is 0 Å². The van der Waals surface area contributed by atoms with Crippen molar-refractivity contribution in [1.82, 2.24) is 5.32 Å². The average molecular weight is 171 g/mol. The van der Waals surface area contributed by atoms with Gasteiger partial charge >= 0.3 is 0 Å². The molecule has 62 valence electrons. The fourth-order valence-corrected chi connectivity index (χ4v) is 1.72. The number of aliphatic hydroxyl groups is 1. The Bertz CT molecular complexity index is 186. The van der Waals surface area contributed by atoms with Gasteiger partial charge in [-0.2, -0.15) is 11.3 Å². The van der Waals surface area contributed by atoms with Crippen LogP contribution in [0.4, 0.5) is 0 Å². The number of aliphatic hydroxyl groups excluding tert-OH is 1. The Morgan fingerprint density at radius 1 is 1.73 bits per heavy atom. The number of rotatable bonds is 4. The molecule has 0 aliphatic heterocycles. The summed E-state index contributed by atoms with van der Waals surface area (Å²) in [5, 5.41) is 16.2. The van der Waals surface area contributed by atoms with E-state index in [4.69, 9.17) is 5.11 Å². The van der Waals surface area contributed by atoms with Crippen LogP contribution in [0.3, 0.4) is 0 Å². The molecule has 2 N–H and O–H groups in total. The first-order valence-electron chi connectivity index (χ1n) is 3.74. The lowest BCUT2D eigenvalue weighted by Crippen LogP contribution is -2.23. The third-order valence-electron chi connectivity index (χ3n) is 1.58. The maximum absolute atomic E-state index is 8.97. The summed E-state index contributed by atoms with van der Waals surface area (Å²) in [6.07, 6.45) is 0. The fourth-order valence-electron chi connectivity index (χ4n) is 1.01. The highest BCUT2D eigenvalue weighted by molar-refractivity contribution is 7.07. The minimum atomic E-state index is 0.117. The van der Waals surface area contributed by atoms with Crippen LogP contribution < -0.4 is 5.32 Å². The zero-order valence-corrected chi connectivity index (χ0v) is 7.40. The normalized spacial score (nSPS) is 13.3. The van der Waals surface area contributed by atoms with E-state index in [1.165, 1.54) is 5.56 Å². The van der Waals surface area contributed by atoms with E-state index in [1.54, 1.807) is 11.3 Å². The second kappa shape index (κ2) is 4.49. The van der Waals surface area contributed by atoms with Crippen molar-refractivity contribution in [2.75, 3.05) is 13.2 Å². The van der Waals surface area contributed by atoms with Crippen LogP contribution in [0, 0.1) is 0 Å². The molecule has 1 rings (SSSR count). The van der Waals surface area contributed by atoms with Crippen LogP contribution in [-0.2, 0) is 0 Å². The van der Waals surface area contributed by atoms with Crippen molar-refractivity contribution >= 4 is 11.3 Å². The summed E-state index contributed by atoms with van der Waals surface area (Å²) in [5.74, 6) is 0. The molecule has 0 aliphatic carbocycles. The summed E-state index contributed by atoms with van der Waals surface area (Å²) in [6, 6.07) is 2.15. The summed E-state index contributed by atoms with van der Waals surface area (Å²) >= 11 is 1.66. The number of hydrogen-bond donors (Lipinski definition) is 2. The highest BCUT2D eigenvalue weighted by atomic mass is 32.1. The van der Waals surface area contributed by atoms with Crippen molar-refractivity contribution in [2.45, 2.75) is 13.0 Å². The van der Waals surface area contributed by atoms with Gasteiger partial charge in [0.15, 0.2) is 0 Å². The number of likely N-dealkylation sites (N-methyl/N-ethyl adjacent to an activating group) is 1. The van der Waals surface area contributed by atoms with E-state index in [1.807, 2.05) is 18.4 Å². The molecule has 2 nitrogen and oxygen atoms in total. The Kier molecular flexibility index (Phi) is 3.56. The smallest absolute Gasteiger partial charge is 0.0626 e. The van der Waals surface area contributed by atoms with Crippen molar-refractivity contribution in [1.29, 1.82) is 0 Å². The highest BCUT2D eigenvalue weighted by Gasteiger charge is 2.07. The van der Waals surface area contributed by atoms with E-state index in [2.05, 4.69) is 10.7 Å². The summed E-state index contributed by atoms with van der Waals surface area (Å²) in [6.45, 7) is 3.10. The SMILES string of the molecule is CCNC(CO)c1ccsc1. The van der Waals surface area contributed by atoms with Gasteiger partial charge in [0.2, 0.25) is 0 Å². The van der Waals surface area contributed by atoms with Gasteiger partial charge in [0, 0.05) is 0 Å². The molecule has 3 heteroatoms. The molecule has 1 unspecified atom stereocenters. The second-order valence-electron chi connectivity index (χ2n) is 2.35. The van der Waals surface area contributed by atoms with Gasteiger partial charge in [-0.3, -0.25) is 0 Å². The lowest BCUT2D eigenvalue weighted by atomic mass is 10.2. The van der Waals surface area contributed by atoms with Crippen LogP contribution in [0.25, 0.3) is 0 Å². The molecular formula is C8H13NOS. The van der Waals surface area contributed by atoms with Gasteiger partial charge in [-0.05, 0) is 28.9 Å². The number of thiophene rings is 1. The van der Waals surface area contributed by atoms with E-state index < -0.39 is 0 Å². The van der Waals surface area contributed by atoms with Crippen molar-refractivity contribution < 1.29 is 5.11 Å². The van der Waals surface area contributed by atoms with Gasteiger partial charge in [0.05, 0.1) is 12.6 Å². The lowest BCUT2D eigenvalue weighted by Gasteiger charge is -2.12. The van der Waals surface area contributed by atoms with Gasteiger partial charge in [0.1, 0.15) is 0 Å². The van der Waals surface area contributed by atoms with E-state index in [0.717, 1.165) is 6.54 Å². The number of hydrogen-bond acceptors (Lipinski definition) is 3. The van der Waals surface area contributed by atoms with Crippen molar-refractivity contribution in [3.8, 4) is 0 Å². The highest BCUT2D eigenvalue weighted by Crippen LogP contribution is 2.15. The molecule has 11 heavy (non-hydrogen) atoms. The maximum atomic E-state index is 8.97. The van der Waals surface area contributed by atoms with Crippen molar-refractivity contribution in [3.05, 3.63) is 22.4 Å². The first-order valence-corrected chi connectivity index (χ1v) is 4.69. The van der Waals surface area contributed by atoms with Crippen molar-refractivity contribution in [2.24, 2.45) is 0 Å². The molecule has 0 fully saturated rings. The average Bonchev–Trinajstić information content (AvgIpc) is 2.52. The topological polar surface area (TPSA) is 32.3 Å². The quantitative estimate of drug-likeness (QED) is 0.717. The zero-order chi connectivity index (χ0) is 8.10. The zero-order valence-electron chi connectivity index (χ0n) is 6.58. The number of nitrogens with one attached hydrogen (secondary N) is 1. The van der Waals surface area contributed by atoms with Crippen LogP contribution in [0.5, 0.6) is 0 Å². The third kappa shape index (κ3) is 2.29.